The molecule has 0 bridgehead atoms. The SMILES string of the molecule is Cn1cc(-c2ccc(C(=O)OC(C)(C)C)cc2C=O)cn1. The number of hydrogen-bond acceptors (Lipinski definition) is 4. The van der Waals surface area contributed by atoms with Gasteiger partial charge in [-0.2, -0.15) is 5.10 Å². The van der Waals surface area contributed by atoms with Crippen molar-refractivity contribution in [2.45, 2.75) is 26.4 Å². The summed E-state index contributed by atoms with van der Waals surface area (Å²) < 4.78 is 6.96. The van der Waals surface area contributed by atoms with Crippen LogP contribution in [0.2, 0.25) is 0 Å². The highest BCUT2D eigenvalue weighted by atomic mass is 16.6. The quantitative estimate of drug-likeness (QED) is 0.643. The maximum absolute atomic E-state index is 12.0. The van der Waals surface area contributed by atoms with Crippen molar-refractivity contribution in [2.75, 3.05) is 0 Å². The molecule has 0 aliphatic rings. The largest absolute Gasteiger partial charge is 0.456 e. The molecular formula is C16H18N2O3. The molecule has 0 saturated carbocycles. The zero-order valence-electron chi connectivity index (χ0n) is 12.6. The minimum atomic E-state index is -0.569. The number of aromatic nitrogens is 2. The molecule has 0 aliphatic carbocycles. The number of esters is 1. The Balaban J connectivity index is 2.37. The molecule has 1 aromatic heterocycles. The van der Waals surface area contributed by atoms with Gasteiger partial charge in [0.1, 0.15) is 5.60 Å². The Labute approximate surface area is 123 Å². The average Bonchev–Trinajstić information content (AvgIpc) is 2.82. The number of nitrogens with zero attached hydrogens (tertiary/aromatic N) is 2. The lowest BCUT2D eigenvalue weighted by atomic mass is 10.0. The van der Waals surface area contributed by atoms with Crippen molar-refractivity contribution >= 4 is 12.3 Å². The van der Waals surface area contributed by atoms with Gasteiger partial charge in [0.2, 0.25) is 0 Å². The zero-order chi connectivity index (χ0) is 15.6. The van der Waals surface area contributed by atoms with E-state index in [-0.39, 0.29) is 0 Å². The van der Waals surface area contributed by atoms with E-state index in [1.807, 2.05) is 6.20 Å². The molecule has 0 amide bonds. The summed E-state index contributed by atoms with van der Waals surface area (Å²) in [5.41, 5.74) is 1.80. The highest BCUT2D eigenvalue weighted by molar-refractivity contribution is 5.95. The molecule has 1 aromatic carbocycles. The van der Waals surface area contributed by atoms with Crippen LogP contribution in [0.15, 0.2) is 30.6 Å². The second-order valence-electron chi connectivity index (χ2n) is 5.82. The maximum Gasteiger partial charge on any atom is 0.338 e. The summed E-state index contributed by atoms with van der Waals surface area (Å²) in [4.78, 5) is 23.3. The second-order valence-corrected chi connectivity index (χ2v) is 5.82. The fraction of sp³-hybridized carbons (Fsp3) is 0.312. The monoisotopic (exact) mass is 286 g/mol. The molecule has 2 rings (SSSR count). The normalized spacial score (nSPS) is 11.2. The van der Waals surface area contributed by atoms with E-state index in [4.69, 9.17) is 4.74 Å². The molecule has 110 valence electrons. The standard InChI is InChI=1S/C16H18N2O3/c1-16(2,3)21-15(20)11-5-6-14(12(7-11)10-19)13-8-17-18(4)9-13/h5-10H,1-4H3. The lowest BCUT2D eigenvalue weighted by Gasteiger charge is -2.19. The molecule has 0 aliphatic heterocycles. The Bertz CT molecular complexity index is 681. The van der Waals surface area contributed by atoms with Crippen LogP contribution in [-0.2, 0) is 11.8 Å². The topological polar surface area (TPSA) is 61.2 Å². The second kappa shape index (κ2) is 5.52. The van der Waals surface area contributed by atoms with Crippen LogP contribution < -0.4 is 0 Å². The number of ether oxygens (including phenoxy) is 1. The molecule has 5 heteroatoms. The predicted octanol–water partition coefficient (Wildman–Crippen LogP) is 2.85. The molecule has 0 N–H and O–H groups in total. The van der Waals surface area contributed by atoms with Crippen LogP contribution in [-0.4, -0.2) is 27.6 Å². The fourth-order valence-electron chi connectivity index (χ4n) is 1.95. The number of rotatable bonds is 3. The molecule has 2 aromatic rings. The predicted molar refractivity (Wildman–Crippen MR) is 79.2 cm³/mol. The van der Waals surface area contributed by atoms with Gasteiger partial charge < -0.3 is 4.74 Å². The van der Waals surface area contributed by atoms with Crippen LogP contribution in [0, 0.1) is 0 Å². The lowest BCUT2D eigenvalue weighted by Crippen LogP contribution is -2.24. The van der Waals surface area contributed by atoms with Gasteiger partial charge in [0.15, 0.2) is 6.29 Å². The van der Waals surface area contributed by atoms with E-state index < -0.39 is 11.6 Å². The number of aryl methyl sites for hydroxylation is 1. The van der Waals surface area contributed by atoms with Crippen molar-refractivity contribution < 1.29 is 14.3 Å². The minimum absolute atomic E-state index is 0.361. The summed E-state index contributed by atoms with van der Waals surface area (Å²) in [6.45, 7) is 5.40. The van der Waals surface area contributed by atoms with Crippen LogP contribution in [0.5, 0.6) is 0 Å². The summed E-state index contributed by atoms with van der Waals surface area (Å²) in [5, 5.41) is 4.08. The van der Waals surface area contributed by atoms with Crippen molar-refractivity contribution in [3.8, 4) is 11.1 Å². The van der Waals surface area contributed by atoms with Gasteiger partial charge in [0, 0.05) is 24.4 Å². The highest BCUT2D eigenvalue weighted by Crippen LogP contribution is 2.24. The zero-order valence-corrected chi connectivity index (χ0v) is 12.6. The van der Waals surface area contributed by atoms with Gasteiger partial charge in [0.05, 0.1) is 11.8 Å². The third kappa shape index (κ3) is 3.56. The van der Waals surface area contributed by atoms with E-state index in [9.17, 15) is 9.59 Å². The number of aldehydes is 1. The Hall–Kier alpha value is -2.43. The van der Waals surface area contributed by atoms with Gasteiger partial charge in [-0.15, -0.1) is 0 Å². The van der Waals surface area contributed by atoms with E-state index in [1.165, 1.54) is 0 Å². The van der Waals surface area contributed by atoms with E-state index in [2.05, 4.69) is 5.10 Å². The Morgan fingerprint density at radius 2 is 2.05 bits per heavy atom. The average molecular weight is 286 g/mol. The van der Waals surface area contributed by atoms with E-state index >= 15 is 0 Å². The van der Waals surface area contributed by atoms with Crippen molar-refractivity contribution in [3.05, 3.63) is 41.7 Å². The van der Waals surface area contributed by atoms with Gasteiger partial charge in [-0.25, -0.2) is 4.79 Å². The van der Waals surface area contributed by atoms with Gasteiger partial charge in [0.25, 0.3) is 0 Å². The summed E-state index contributed by atoms with van der Waals surface area (Å²) >= 11 is 0. The van der Waals surface area contributed by atoms with E-state index in [0.29, 0.717) is 11.1 Å². The van der Waals surface area contributed by atoms with Crippen molar-refractivity contribution in [3.63, 3.8) is 0 Å². The Morgan fingerprint density at radius 3 is 2.57 bits per heavy atom. The van der Waals surface area contributed by atoms with E-state index in [0.717, 1.165) is 17.4 Å². The van der Waals surface area contributed by atoms with Gasteiger partial charge in [-0.05, 0) is 38.5 Å². The minimum Gasteiger partial charge on any atom is -0.456 e. The molecule has 0 unspecified atom stereocenters. The summed E-state index contributed by atoms with van der Waals surface area (Å²) in [6.07, 6.45) is 4.22. The smallest absolute Gasteiger partial charge is 0.338 e. The third-order valence-electron chi connectivity index (χ3n) is 2.83. The first kappa shape index (κ1) is 15.0. The lowest BCUT2D eigenvalue weighted by molar-refractivity contribution is 0.00695. The van der Waals surface area contributed by atoms with Crippen molar-refractivity contribution in [1.29, 1.82) is 0 Å². The van der Waals surface area contributed by atoms with Gasteiger partial charge >= 0.3 is 5.97 Å². The number of hydrogen-bond donors (Lipinski definition) is 0. The van der Waals surface area contributed by atoms with Crippen LogP contribution in [0.25, 0.3) is 11.1 Å². The summed E-state index contributed by atoms with van der Waals surface area (Å²) in [7, 11) is 1.80. The molecule has 0 atom stereocenters. The molecule has 0 radical (unpaired) electrons. The first-order chi connectivity index (χ1) is 9.80. The van der Waals surface area contributed by atoms with Crippen molar-refractivity contribution in [1.82, 2.24) is 9.78 Å². The molecular weight excluding hydrogens is 268 g/mol. The number of benzene rings is 1. The Kier molecular flexibility index (Phi) is 3.93. The van der Waals surface area contributed by atoms with Gasteiger partial charge in [-0.1, -0.05) is 6.07 Å². The number of carbonyl (C=O) groups excluding carboxylic acids is 2. The molecule has 21 heavy (non-hydrogen) atoms. The van der Waals surface area contributed by atoms with Crippen LogP contribution in [0.1, 0.15) is 41.5 Å². The van der Waals surface area contributed by atoms with E-state index in [1.54, 1.807) is 56.9 Å². The molecule has 0 saturated heterocycles. The molecule has 5 nitrogen and oxygen atoms in total. The third-order valence-corrected chi connectivity index (χ3v) is 2.83. The van der Waals surface area contributed by atoms with Crippen LogP contribution >= 0.6 is 0 Å². The Morgan fingerprint density at radius 1 is 1.33 bits per heavy atom. The molecule has 1 heterocycles. The maximum atomic E-state index is 12.0. The number of carbonyl (C=O) groups is 2. The van der Waals surface area contributed by atoms with Crippen molar-refractivity contribution in [2.24, 2.45) is 7.05 Å². The summed E-state index contributed by atoms with van der Waals surface area (Å²) in [5.74, 6) is -0.441. The summed E-state index contributed by atoms with van der Waals surface area (Å²) in [6, 6.07) is 4.94. The van der Waals surface area contributed by atoms with Crippen LogP contribution in [0.3, 0.4) is 0 Å². The first-order valence-electron chi connectivity index (χ1n) is 6.62. The van der Waals surface area contributed by atoms with Crippen LogP contribution in [0.4, 0.5) is 0 Å². The van der Waals surface area contributed by atoms with Gasteiger partial charge in [-0.3, -0.25) is 9.48 Å². The molecule has 0 spiro atoms. The molecule has 0 fully saturated rings. The fourth-order valence-corrected chi connectivity index (χ4v) is 1.95. The first-order valence-corrected chi connectivity index (χ1v) is 6.62. The highest BCUT2D eigenvalue weighted by Gasteiger charge is 2.19.